The van der Waals surface area contributed by atoms with Gasteiger partial charge >= 0.3 is 11.9 Å². The van der Waals surface area contributed by atoms with Gasteiger partial charge in [-0.3, -0.25) is 19.7 Å². The SMILES string of the molecule is COC(=O)[C@H]1C(=O)C2=C(C[C@H]1C)NC(C)=C(C(=O)OC1CCCC1)[C@@H]2c1cccc([N+](=O)[O-])c1. The lowest BCUT2D eigenvalue weighted by molar-refractivity contribution is -0.384. The van der Waals surface area contributed by atoms with Gasteiger partial charge in [0.1, 0.15) is 12.0 Å². The Labute approximate surface area is 197 Å². The van der Waals surface area contributed by atoms with Crippen molar-refractivity contribution in [1.29, 1.82) is 0 Å². The highest BCUT2D eigenvalue weighted by atomic mass is 16.6. The molecule has 1 saturated carbocycles. The van der Waals surface area contributed by atoms with Gasteiger partial charge in [-0.1, -0.05) is 19.1 Å². The number of allylic oxidation sites excluding steroid dienone is 3. The average molecular weight is 469 g/mol. The fourth-order valence-electron chi connectivity index (χ4n) is 5.32. The predicted octanol–water partition coefficient (Wildman–Crippen LogP) is 3.69. The summed E-state index contributed by atoms with van der Waals surface area (Å²) in [5, 5.41) is 14.7. The Hall–Kier alpha value is -3.49. The third-order valence-electron chi connectivity index (χ3n) is 6.95. The summed E-state index contributed by atoms with van der Waals surface area (Å²) in [6, 6.07) is 5.91. The molecule has 9 heteroatoms. The maximum Gasteiger partial charge on any atom is 0.337 e. The van der Waals surface area contributed by atoms with Gasteiger partial charge in [0, 0.05) is 35.0 Å². The Balaban J connectivity index is 1.84. The molecule has 0 spiro atoms. The molecule has 3 aliphatic rings. The number of non-ortho nitro benzene ring substituents is 1. The molecule has 0 unspecified atom stereocenters. The van der Waals surface area contributed by atoms with Crippen molar-refractivity contribution < 1.29 is 28.8 Å². The van der Waals surface area contributed by atoms with Crippen LogP contribution in [0, 0.1) is 22.0 Å². The van der Waals surface area contributed by atoms with Crippen LogP contribution in [-0.4, -0.2) is 35.9 Å². The third-order valence-corrected chi connectivity index (χ3v) is 6.95. The number of ether oxygens (including phenoxy) is 2. The minimum atomic E-state index is -1.02. The van der Waals surface area contributed by atoms with E-state index in [4.69, 9.17) is 9.47 Å². The molecule has 2 aliphatic carbocycles. The molecule has 0 saturated heterocycles. The number of benzene rings is 1. The highest BCUT2D eigenvalue weighted by molar-refractivity contribution is 6.12. The van der Waals surface area contributed by atoms with Gasteiger partial charge in [0.05, 0.1) is 17.6 Å². The van der Waals surface area contributed by atoms with Gasteiger partial charge in [0.15, 0.2) is 5.78 Å². The second-order valence-electron chi connectivity index (χ2n) is 9.20. The summed E-state index contributed by atoms with van der Waals surface area (Å²) >= 11 is 0. The highest BCUT2D eigenvalue weighted by Gasteiger charge is 2.47. The minimum absolute atomic E-state index is 0.152. The van der Waals surface area contributed by atoms with Gasteiger partial charge in [-0.25, -0.2) is 4.79 Å². The molecular weight excluding hydrogens is 440 g/mol. The van der Waals surface area contributed by atoms with E-state index in [1.165, 1.54) is 25.3 Å². The Morgan fingerprint density at radius 1 is 1.21 bits per heavy atom. The number of nitro benzene ring substituents is 1. The maximum absolute atomic E-state index is 13.7. The molecule has 1 aliphatic heterocycles. The van der Waals surface area contributed by atoms with Crippen molar-refractivity contribution >= 4 is 23.4 Å². The van der Waals surface area contributed by atoms with E-state index in [2.05, 4.69) is 5.32 Å². The van der Waals surface area contributed by atoms with E-state index >= 15 is 0 Å². The van der Waals surface area contributed by atoms with Crippen LogP contribution in [0.25, 0.3) is 0 Å². The number of carbonyl (C=O) groups is 3. The van der Waals surface area contributed by atoms with Crippen molar-refractivity contribution in [2.24, 2.45) is 11.8 Å². The van der Waals surface area contributed by atoms with E-state index < -0.39 is 34.5 Å². The van der Waals surface area contributed by atoms with Crippen molar-refractivity contribution in [3.8, 4) is 0 Å². The summed E-state index contributed by atoms with van der Waals surface area (Å²) in [7, 11) is 1.23. The maximum atomic E-state index is 13.7. The number of rotatable bonds is 5. The molecule has 0 aromatic heterocycles. The van der Waals surface area contributed by atoms with Crippen LogP contribution >= 0.6 is 0 Å². The van der Waals surface area contributed by atoms with E-state index in [1.807, 2.05) is 0 Å². The van der Waals surface area contributed by atoms with Crippen LogP contribution in [0.2, 0.25) is 0 Å². The van der Waals surface area contributed by atoms with Crippen molar-refractivity contribution in [2.75, 3.05) is 7.11 Å². The van der Waals surface area contributed by atoms with Crippen molar-refractivity contribution in [3.63, 3.8) is 0 Å². The number of carbonyl (C=O) groups excluding carboxylic acids is 3. The number of hydrogen-bond donors (Lipinski definition) is 1. The number of dihydropyridines is 1. The lowest BCUT2D eigenvalue weighted by Crippen LogP contribution is -2.43. The zero-order valence-electron chi connectivity index (χ0n) is 19.5. The van der Waals surface area contributed by atoms with Crippen LogP contribution in [0.4, 0.5) is 5.69 Å². The van der Waals surface area contributed by atoms with E-state index in [-0.39, 0.29) is 28.9 Å². The number of methoxy groups -OCH3 is 1. The van der Waals surface area contributed by atoms with Crippen LogP contribution in [0.5, 0.6) is 0 Å². The molecule has 1 heterocycles. The molecule has 1 N–H and O–H groups in total. The summed E-state index contributed by atoms with van der Waals surface area (Å²) in [5.74, 6) is -3.85. The first kappa shape index (κ1) is 23.7. The molecular formula is C25H28N2O7. The molecule has 3 atom stereocenters. The van der Waals surface area contributed by atoms with Gasteiger partial charge < -0.3 is 14.8 Å². The second-order valence-corrected chi connectivity index (χ2v) is 9.20. The fourth-order valence-corrected chi connectivity index (χ4v) is 5.32. The molecule has 34 heavy (non-hydrogen) atoms. The Bertz CT molecular complexity index is 1110. The van der Waals surface area contributed by atoms with Gasteiger partial charge in [0.25, 0.3) is 5.69 Å². The molecule has 4 rings (SSSR count). The van der Waals surface area contributed by atoms with E-state index in [0.29, 0.717) is 23.4 Å². The summed E-state index contributed by atoms with van der Waals surface area (Å²) in [6.07, 6.45) is 3.72. The fraction of sp³-hybridized carbons (Fsp3) is 0.480. The zero-order chi connectivity index (χ0) is 24.6. The molecule has 0 radical (unpaired) electrons. The molecule has 1 fully saturated rings. The van der Waals surface area contributed by atoms with Crippen LogP contribution in [0.1, 0.15) is 57.4 Å². The van der Waals surface area contributed by atoms with Crippen molar-refractivity contribution in [1.82, 2.24) is 5.32 Å². The highest BCUT2D eigenvalue weighted by Crippen LogP contribution is 2.46. The topological polar surface area (TPSA) is 125 Å². The largest absolute Gasteiger partial charge is 0.468 e. The molecule has 0 bridgehead atoms. The molecule has 0 amide bonds. The smallest absolute Gasteiger partial charge is 0.337 e. The zero-order valence-corrected chi connectivity index (χ0v) is 19.5. The van der Waals surface area contributed by atoms with Crippen LogP contribution in [0.3, 0.4) is 0 Å². The first-order valence-electron chi connectivity index (χ1n) is 11.5. The molecule has 1 aromatic rings. The number of nitro groups is 1. The van der Waals surface area contributed by atoms with Gasteiger partial charge in [0.2, 0.25) is 0 Å². The summed E-state index contributed by atoms with van der Waals surface area (Å²) < 4.78 is 10.7. The van der Waals surface area contributed by atoms with Gasteiger partial charge in [-0.05, 0) is 50.5 Å². The number of hydrogen-bond acceptors (Lipinski definition) is 8. The summed E-state index contributed by atoms with van der Waals surface area (Å²) in [4.78, 5) is 50.5. The lowest BCUT2D eigenvalue weighted by atomic mass is 9.69. The predicted molar refractivity (Wildman–Crippen MR) is 121 cm³/mol. The molecule has 180 valence electrons. The summed E-state index contributed by atoms with van der Waals surface area (Å²) in [5.41, 5.74) is 1.92. The number of Topliss-reactive ketones (excluding diaryl/α,β-unsaturated/α-hetero) is 1. The Kier molecular flexibility index (Phi) is 6.54. The Morgan fingerprint density at radius 3 is 2.56 bits per heavy atom. The number of ketones is 1. The third kappa shape index (κ3) is 4.22. The lowest BCUT2D eigenvalue weighted by Gasteiger charge is -2.38. The van der Waals surface area contributed by atoms with Crippen LogP contribution < -0.4 is 5.32 Å². The van der Waals surface area contributed by atoms with Crippen molar-refractivity contribution in [3.05, 3.63) is 62.5 Å². The minimum Gasteiger partial charge on any atom is -0.468 e. The molecule has 9 nitrogen and oxygen atoms in total. The van der Waals surface area contributed by atoms with Crippen LogP contribution in [0.15, 0.2) is 46.8 Å². The molecule has 1 aromatic carbocycles. The van der Waals surface area contributed by atoms with E-state index in [9.17, 15) is 24.5 Å². The standard InChI is InChI=1S/C25H28N2O7/c1-13-11-18-22(23(28)19(13)24(29)33-3)21(15-7-6-8-16(12-15)27(31)32)20(14(2)26-18)25(30)34-17-9-4-5-10-17/h6-8,12-13,17,19,21,26H,4-5,9-11H2,1-3H3/t13-,19-,21+/m1/s1. The normalized spacial score (nSPS) is 25.0. The number of esters is 2. The van der Waals surface area contributed by atoms with E-state index in [1.54, 1.807) is 19.9 Å². The van der Waals surface area contributed by atoms with E-state index in [0.717, 1.165) is 25.7 Å². The van der Waals surface area contributed by atoms with Crippen molar-refractivity contribution in [2.45, 2.75) is 58.0 Å². The number of nitrogens with zero attached hydrogens (tertiary/aromatic N) is 1. The van der Waals surface area contributed by atoms with Gasteiger partial charge in [-0.2, -0.15) is 0 Å². The first-order valence-corrected chi connectivity index (χ1v) is 11.5. The van der Waals surface area contributed by atoms with Gasteiger partial charge in [-0.15, -0.1) is 0 Å². The van der Waals surface area contributed by atoms with Crippen LogP contribution in [-0.2, 0) is 23.9 Å². The Morgan fingerprint density at radius 2 is 1.91 bits per heavy atom. The average Bonchev–Trinajstić information content (AvgIpc) is 3.30. The monoisotopic (exact) mass is 468 g/mol. The quantitative estimate of drug-likeness (QED) is 0.300. The second kappa shape index (κ2) is 9.40. The first-order chi connectivity index (χ1) is 16.2. The summed E-state index contributed by atoms with van der Waals surface area (Å²) in [6.45, 7) is 3.54. The number of nitrogens with one attached hydrogen (secondary N) is 1.